The number of rotatable bonds is 11. The third-order valence-electron chi connectivity index (χ3n) is 5.85. The normalized spacial score (nSPS) is 17.0. The molecule has 0 bridgehead atoms. The highest BCUT2D eigenvalue weighted by Crippen LogP contribution is 2.21. The Labute approximate surface area is 205 Å². The van der Waals surface area contributed by atoms with Crippen LogP contribution < -0.4 is 15.4 Å². The number of benzene rings is 1. The molecule has 1 fully saturated rings. The van der Waals surface area contributed by atoms with Crippen LogP contribution in [0.4, 0.5) is 0 Å². The van der Waals surface area contributed by atoms with Crippen molar-refractivity contribution >= 4 is 29.9 Å². The molecule has 1 aromatic carbocycles. The number of ether oxygens (including phenoxy) is 2. The molecule has 1 heterocycles. The summed E-state index contributed by atoms with van der Waals surface area (Å²) in [7, 11) is 1.64. The third-order valence-corrected chi connectivity index (χ3v) is 5.85. The molecule has 2 atom stereocenters. The van der Waals surface area contributed by atoms with Crippen molar-refractivity contribution in [1.29, 1.82) is 0 Å². The number of halogens is 1. The maximum atomic E-state index is 10.5. The van der Waals surface area contributed by atoms with E-state index in [0.717, 1.165) is 69.5 Å². The van der Waals surface area contributed by atoms with Gasteiger partial charge in [0.15, 0.2) is 5.96 Å². The van der Waals surface area contributed by atoms with E-state index < -0.39 is 6.10 Å². The van der Waals surface area contributed by atoms with Gasteiger partial charge >= 0.3 is 0 Å². The Kier molecular flexibility index (Phi) is 14.1. The van der Waals surface area contributed by atoms with E-state index in [1.54, 1.807) is 7.11 Å². The zero-order chi connectivity index (χ0) is 21.8. The Hall–Kier alpha value is -1.10. The van der Waals surface area contributed by atoms with Gasteiger partial charge < -0.3 is 25.2 Å². The van der Waals surface area contributed by atoms with Crippen LogP contribution in [-0.2, 0) is 4.74 Å². The number of nitrogens with one attached hydrogen (secondary N) is 2. The topological polar surface area (TPSA) is 78.4 Å². The van der Waals surface area contributed by atoms with Crippen molar-refractivity contribution in [2.45, 2.75) is 45.8 Å². The molecular weight excluding hydrogens is 507 g/mol. The highest BCUT2D eigenvalue weighted by atomic mass is 127. The van der Waals surface area contributed by atoms with Crippen LogP contribution in [0.2, 0.25) is 0 Å². The van der Waals surface area contributed by atoms with Gasteiger partial charge in [0, 0.05) is 32.2 Å². The summed E-state index contributed by atoms with van der Waals surface area (Å²) < 4.78 is 10.7. The van der Waals surface area contributed by atoms with Crippen molar-refractivity contribution in [3.63, 3.8) is 0 Å². The predicted octanol–water partition coefficient (Wildman–Crippen LogP) is 3.04. The van der Waals surface area contributed by atoms with Crippen LogP contribution in [0.5, 0.6) is 5.75 Å². The van der Waals surface area contributed by atoms with E-state index in [-0.39, 0.29) is 24.0 Å². The molecule has 1 saturated heterocycles. The molecule has 0 aromatic heterocycles. The summed E-state index contributed by atoms with van der Waals surface area (Å²) in [6.07, 6.45) is 1.68. The largest absolute Gasteiger partial charge is 0.497 e. The van der Waals surface area contributed by atoms with Crippen LogP contribution in [0.25, 0.3) is 0 Å². The minimum atomic E-state index is -0.617. The number of hydrogen-bond donors (Lipinski definition) is 3. The number of aliphatic imine (C=N–C) groups is 1. The Morgan fingerprint density at radius 2 is 1.77 bits per heavy atom. The third kappa shape index (κ3) is 9.11. The SMILES string of the molecule is CCNC(=NCC(C(CC)CC)N1CCOCC1)NCC(O)c1ccc(OC)cc1.I. The van der Waals surface area contributed by atoms with E-state index in [4.69, 9.17) is 14.5 Å². The molecule has 2 unspecified atom stereocenters. The summed E-state index contributed by atoms with van der Waals surface area (Å²) in [5, 5.41) is 17.1. The van der Waals surface area contributed by atoms with E-state index in [1.165, 1.54) is 0 Å². The van der Waals surface area contributed by atoms with Gasteiger partial charge in [-0.1, -0.05) is 38.8 Å². The number of aliphatic hydroxyl groups is 1. The molecule has 0 amide bonds. The van der Waals surface area contributed by atoms with Gasteiger partial charge in [-0.2, -0.15) is 0 Å². The lowest BCUT2D eigenvalue weighted by molar-refractivity contribution is 0.00395. The van der Waals surface area contributed by atoms with Gasteiger partial charge in [0.25, 0.3) is 0 Å². The van der Waals surface area contributed by atoms with Gasteiger partial charge in [-0.15, -0.1) is 24.0 Å². The van der Waals surface area contributed by atoms with Crippen molar-refractivity contribution in [2.24, 2.45) is 10.9 Å². The van der Waals surface area contributed by atoms with E-state index in [9.17, 15) is 5.11 Å². The number of morpholine rings is 1. The second-order valence-electron chi connectivity index (χ2n) is 7.68. The fraction of sp³-hybridized carbons (Fsp3) is 0.696. The first kappa shape index (κ1) is 27.9. The molecule has 1 aliphatic heterocycles. The Morgan fingerprint density at radius 1 is 1.13 bits per heavy atom. The second kappa shape index (κ2) is 15.7. The number of hydrogen-bond acceptors (Lipinski definition) is 5. The predicted molar refractivity (Wildman–Crippen MR) is 138 cm³/mol. The molecule has 7 nitrogen and oxygen atoms in total. The maximum Gasteiger partial charge on any atom is 0.191 e. The Morgan fingerprint density at radius 3 is 2.32 bits per heavy atom. The first-order chi connectivity index (χ1) is 14.6. The lowest BCUT2D eigenvalue weighted by Crippen LogP contribution is -2.49. The van der Waals surface area contributed by atoms with Gasteiger partial charge in [0.2, 0.25) is 0 Å². The summed E-state index contributed by atoms with van der Waals surface area (Å²) in [4.78, 5) is 7.41. The molecule has 3 N–H and O–H groups in total. The van der Waals surface area contributed by atoms with Crippen molar-refractivity contribution in [2.75, 3.05) is 53.0 Å². The molecule has 0 spiro atoms. The monoisotopic (exact) mass is 548 g/mol. The number of nitrogens with zero attached hydrogens (tertiary/aromatic N) is 2. The number of aliphatic hydroxyl groups excluding tert-OH is 1. The molecule has 178 valence electrons. The highest BCUT2D eigenvalue weighted by molar-refractivity contribution is 14.0. The summed E-state index contributed by atoms with van der Waals surface area (Å²) in [6, 6.07) is 7.90. The molecule has 0 saturated carbocycles. The minimum absolute atomic E-state index is 0. The van der Waals surface area contributed by atoms with E-state index >= 15 is 0 Å². The first-order valence-electron chi connectivity index (χ1n) is 11.3. The molecule has 1 aromatic rings. The van der Waals surface area contributed by atoms with Gasteiger partial charge in [-0.3, -0.25) is 9.89 Å². The number of guanidine groups is 1. The average molecular weight is 549 g/mol. The van der Waals surface area contributed by atoms with Crippen LogP contribution in [0.3, 0.4) is 0 Å². The summed E-state index contributed by atoms with van der Waals surface area (Å²) >= 11 is 0. The van der Waals surface area contributed by atoms with Crippen LogP contribution in [0.1, 0.15) is 45.3 Å². The standard InChI is InChI=1S/C23H40N4O3.HI/c1-5-18(6-2)21(27-12-14-30-15-13-27)16-25-23(24-7-3)26-17-22(28)19-8-10-20(29-4)11-9-19;/h8-11,18,21-22,28H,5-7,12-17H2,1-4H3,(H2,24,25,26);1H. The van der Waals surface area contributed by atoms with E-state index in [2.05, 4.69) is 36.3 Å². The van der Waals surface area contributed by atoms with Gasteiger partial charge in [-0.25, -0.2) is 0 Å². The van der Waals surface area contributed by atoms with Crippen LogP contribution in [0.15, 0.2) is 29.3 Å². The fourth-order valence-electron chi connectivity index (χ4n) is 3.97. The summed E-state index contributed by atoms with van der Waals surface area (Å²) in [6.45, 7) is 12.0. The summed E-state index contributed by atoms with van der Waals surface area (Å²) in [5.74, 6) is 2.14. The molecular formula is C23H41IN4O3. The lowest BCUT2D eigenvalue weighted by Gasteiger charge is -2.38. The quantitative estimate of drug-likeness (QED) is 0.224. The van der Waals surface area contributed by atoms with E-state index in [1.807, 2.05) is 24.3 Å². The molecule has 0 radical (unpaired) electrons. The molecule has 31 heavy (non-hydrogen) atoms. The zero-order valence-electron chi connectivity index (χ0n) is 19.5. The maximum absolute atomic E-state index is 10.5. The van der Waals surface area contributed by atoms with Gasteiger partial charge in [0.05, 0.1) is 33.0 Å². The second-order valence-corrected chi connectivity index (χ2v) is 7.68. The summed E-state index contributed by atoms with van der Waals surface area (Å²) in [5.41, 5.74) is 0.849. The molecule has 0 aliphatic carbocycles. The van der Waals surface area contributed by atoms with Crippen molar-refractivity contribution in [3.05, 3.63) is 29.8 Å². The smallest absolute Gasteiger partial charge is 0.191 e. The van der Waals surface area contributed by atoms with Crippen molar-refractivity contribution < 1.29 is 14.6 Å². The van der Waals surface area contributed by atoms with Gasteiger partial charge in [-0.05, 0) is 30.5 Å². The van der Waals surface area contributed by atoms with Gasteiger partial charge in [0.1, 0.15) is 5.75 Å². The Balaban J connectivity index is 0.00000480. The molecule has 1 aliphatic rings. The van der Waals surface area contributed by atoms with Crippen LogP contribution >= 0.6 is 24.0 Å². The highest BCUT2D eigenvalue weighted by Gasteiger charge is 2.26. The number of methoxy groups -OCH3 is 1. The lowest BCUT2D eigenvalue weighted by atomic mass is 9.92. The van der Waals surface area contributed by atoms with Crippen LogP contribution in [0, 0.1) is 5.92 Å². The first-order valence-corrected chi connectivity index (χ1v) is 11.3. The van der Waals surface area contributed by atoms with Crippen LogP contribution in [-0.4, -0.2) is 75.1 Å². The molecule has 8 heteroatoms. The molecule has 2 rings (SSSR count). The zero-order valence-corrected chi connectivity index (χ0v) is 21.8. The van der Waals surface area contributed by atoms with E-state index in [0.29, 0.717) is 18.5 Å². The fourth-order valence-corrected chi connectivity index (χ4v) is 3.97. The Bertz CT molecular complexity index is 620. The van der Waals surface area contributed by atoms with Crippen molar-refractivity contribution in [3.8, 4) is 5.75 Å². The van der Waals surface area contributed by atoms with Crippen molar-refractivity contribution in [1.82, 2.24) is 15.5 Å². The minimum Gasteiger partial charge on any atom is -0.497 e. The average Bonchev–Trinajstić information content (AvgIpc) is 2.80.